The smallest absolute Gasteiger partial charge is 0.223 e. The van der Waals surface area contributed by atoms with Crippen LogP contribution in [0.5, 0.6) is 0 Å². The van der Waals surface area contributed by atoms with Crippen molar-refractivity contribution >= 4 is 12.2 Å². The van der Waals surface area contributed by atoms with Gasteiger partial charge in [0, 0.05) is 13.0 Å². The summed E-state index contributed by atoms with van der Waals surface area (Å²) in [4.78, 5) is 23.9. The summed E-state index contributed by atoms with van der Waals surface area (Å²) in [6.07, 6.45) is 2.03. The second-order valence-electron chi connectivity index (χ2n) is 3.75. The van der Waals surface area contributed by atoms with Crippen molar-refractivity contribution in [2.75, 3.05) is 0 Å². The molecular weight excluding hydrogens is 190 g/mol. The number of rotatable bonds is 3. The van der Waals surface area contributed by atoms with Crippen LogP contribution in [0.4, 0.5) is 0 Å². The predicted octanol–water partition coefficient (Wildman–Crippen LogP) is 1.38. The number of benzene rings is 1. The van der Waals surface area contributed by atoms with Gasteiger partial charge in [0.15, 0.2) is 0 Å². The predicted molar refractivity (Wildman–Crippen MR) is 56.1 cm³/mol. The Morgan fingerprint density at radius 1 is 1.33 bits per heavy atom. The van der Waals surface area contributed by atoms with Gasteiger partial charge >= 0.3 is 0 Å². The maximum Gasteiger partial charge on any atom is 0.223 e. The second kappa shape index (κ2) is 4.26. The Labute approximate surface area is 88.7 Å². The molecule has 0 spiro atoms. The van der Waals surface area contributed by atoms with Gasteiger partial charge in [0.25, 0.3) is 0 Å². The standard InChI is InChI=1S/C12H13NO2/c14-9-11-6-7-12(15)13(11)8-10-4-2-1-3-5-10/h1-5,9,11H,6-8H2/t11-/m1/s1. The SMILES string of the molecule is O=C[C@H]1CCC(=O)N1Cc1ccccc1. The summed E-state index contributed by atoms with van der Waals surface area (Å²) in [5.74, 6) is 0.0796. The molecule has 0 radical (unpaired) electrons. The third kappa shape index (κ3) is 2.06. The zero-order valence-electron chi connectivity index (χ0n) is 8.43. The largest absolute Gasteiger partial charge is 0.329 e. The Bertz CT molecular complexity index is 361. The lowest BCUT2D eigenvalue weighted by atomic mass is 10.2. The quantitative estimate of drug-likeness (QED) is 0.696. The van der Waals surface area contributed by atoms with Crippen LogP contribution >= 0.6 is 0 Å². The van der Waals surface area contributed by atoms with Gasteiger partial charge in [-0.2, -0.15) is 0 Å². The van der Waals surface area contributed by atoms with Gasteiger partial charge in [-0.3, -0.25) is 4.79 Å². The highest BCUT2D eigenvalue weighted by Crippen LogP contribution is 2.19. The minimum absolute atomic E-state index is 0.0796. The van der Waals surface area contributed by atoms with Crippen molar-refractivity contribution in [1.29, 1.82) is 0 Å². The molecule has 1 amide bonds. The lowest BCUT2D eigenvalue weighted by Gasteiger charge is -2.20. The molecular formula is C12H13NO2. The molecule has 1 aromatic rings. The van der Waals surface area contributed by atoms with Crippen molar-refractivity contribution in [3.63, 3.8) is 0 Å². The highest BCUT2D eigenvalue weighted by molar-refractivity contribution is 5.83. The minimum Gasteiger partial charge on any atom is -0.329 e. The second-order valence-corrected chi connectivity index (χ2v) is 3.75. The Hall–Kier alpha value is -1.64. The monoisotopic (exact) mass is 203 g/mol. The van der Waals surface area contributed by atoms with Gasteiger partial charge in [-0.1, -0.05) is 30.3 Å². The van der Waals surface area contributed by atoms with E-state index in [9.17, 15) is 9.59 Å². The molecule has 3 heteroatoms. The van der Waals surface area contributed by atoms with Crippen LogP contribution in [0, 0.1) is 0 Å². The Morgan fingerprint density at radius 2 is 2.07 bits per heavy atom. The van der Waals surface area contributed by atoms with Gasteiger partial charge in [0.05, 0.1) is 6.04 Å². The summed E-state index contributed by atoms with van der Waals surface area (Å²) in [5, 5.41) is 0. The Kier molecular flexibility index (Phi) is 2.81. The van der Waals surface area contributed by atoms with Crippen LogP contribution in [-0.4, -0.2) is 23.1 Å². The molecule has 0 N–H and O–H groups in total. The van der Waals surface area contributed by atoms with Crippen molar-refractivity contribution in [3.05, 3.63) is 35.9 Å². The van der Waals surface area contributed by atoms with E-state index in [2.05, 4.69) is 0 Å². The number of carbonyl (C=O) groups is 2. The van der Waals surface area contributed by atoms with E-state index < -0.39 is 0 Å². The van der Waals surface area contributed by atoms with Crippen LogP contribution in [0.2, 0.25) is 0 Å². The molecule has 0 aromatic heterocycles. The van der Waals surface area contributed by atoms with Crippen LogP contribution < -0.4 is 0 Å². The first-order valence-corrected chi connectivity index (χ1v) is 5.10. The normalized spacial score (nSPS) is 20.7. The highest BCUT2D eigenvalue weighted by Gasteiger charge is 2.30. The molecule has 0 unspecified atom stereocenters. The van der Waals surface area contributed by atoms with Gasteiger partial charge in [-0.05, 0) is 12.0 Å². The number of amides is 1. The molecule has 0 aliphatic carbocycles. The van der Waals surface area contributed by atoms with Gasteiger partial charge < -0.3 is 9.69 Å². The molecule has 1 aromatic carbocycles. The van der Waals surface area contributed by atoms with Crippen molar-refractivity contribution in [2.45, 2.75) is 25.4 Å². The van der Waals surface area contributed by atoms with Crippen molar-refractivity contribution in [2.24, 2.45) is 0 Å². The van der Waals surface area contributed by atoms with Gasteiger partial charge in [-0.15, -0.1) is 0 Å². The number of aldehydes is 1. The maximum atomic E-state index is 11.5. The molecule has 1 aliphatic heterocycles. The van der Waals surface area contributed by atoms with Crippen molar-refractivity contribution in [3.8, 4) is 0 Å². The third-order valence-corrected chi connectivity index (χ3v) is 2.73. The summed E-state index contributed by atoms with van der Waals surface area (Å²) in [5.41, 5.74) is 1.07. The fourth-order valence-corrected chi connectivity index (χ4v) is 1.88. The number of likely N-dealkylation sites (tertiary alicyclic amines) is 1. The number of hydrogen-bond donors (Lipinski definition) is 0. The van der Waals surface area contributed by atoms with Crippen LogP contribution in [0.3, 0.4) is 0 Å². The van der Waals surface area contributed by atoms with Gasteiger partial charge in [0.2, 0.25) is 5.91 Å². The fourth-order valence-electron chi connectivity index (χ4n) is 1.88. The average Bonchev–Trinajstić information content (AvgIpc) is 2.62. The molecule has 15 heavy (non-hydrogen) atoms. The average molecular weight is 203 g/mol. The number of carbonyl (C=O) groups excluding carboxylic acids is 2. The molecule has 2 rings (SSSR count). The van der Waals surface area contributed by atoms with Crippen LogP contribution in [0.15, 0.2) is 30.3 Å². The summed E-state index contributed by atoms with van der Waals surface area (Å²) in [7, 11) is 0. The van der Waals surface area contributed by atoms with E-state index >= 15 is 0 Å². The van der Waals surface area contributed by atoms with E-state index in [0.29, 0.717) is 19.4 Å². The molecule has 3 nitrogen and oxygen atoms in total. The fraction of sp³-hybridized carbons (Fsp3) is 0.333. The molecule has 0 saturated carbocycles. The van der Waals surface area contributed by atoms with Crippen molar-refractivity contribution < 1.29 is 9.59 Å². The molecule has 0 bridgehead atoms. The highest BCUT2D eigenvalue weighted by atomic mass is 16.2. The molecule has 1 fully saturated rings. The maximum absolute atomic E-state index is 11.5. The first-order chi connectivity index (χ1) is 7.31. The summed E-state index contributed by atoms with van der Waals surface area (Å²) >= 11 is 0. The zero-order valence-corrected chi connectivity index (χ0v) is 8.43. The topological polar surface area (TPSA) is 37.4 Å². The van der Waals surface area contributed by atoms with Crippen LogP contribution in [0.25, 0.3) is 0 Å². The van der Waals surface area contributed by atoms with Crippen LogP contribution in [-0.2, 0) is 16.1 Å². The van der Waals surface area contributed by atoms with Crippen LogP contribution in [0.1, 0.15) is 18.4 Å². The van der Waals surface area contributed by atoms with E-state index in [1.54, 1.807) is 4.90 Å². The van der Waals surface area contributed by atoms with E-state index in [4.69, 9.17) is 0 Å². The van der Waals surface area contributed by atoms with E-state index in [-0.39, 0.29) is 11.9 Å². The van der Waals surface area contributed by atoms with E-state index in [1.165, 1.54) is 0 Å². The van der Waals surface area contributed by atoms with E-state index in [1.807, 2.05) is 30.3 Å². The minimum atomic E-state index is -0.224. The summed E-state index contributed by atoms with van der Waals surface area (Å²) < 4.78 is 0. The Morgan fingerprint density at radius 3 is 2.73 bits per heavy atom. The lowest BCUT2D eigenvalue weighted by Crippen LogP contribution is -2.33. The summed E-state index contributed by atoms with van der Waals surface area (Å²) in [6, 6.07) is 9.52. The molecule has 78 valence electrons. The molecule has 1 heterocycles. The Balaban J connectivity index is 2.10. The van der Waals surface area contributed by atoms with Gasteiger partial charge in [-0.25, -0.2) is 0 Å². The number of nitrogens with zero attached hydrogens (tertiary/aromatic N) is 1. The number of hydrogen-bond acceptors (Lipinski definition) is 2. The molecule has 1 aliphatic rings. The zero-order chi connectivity index (χ0) is 10.7. The molecule has 1 atom stereocenters. The molecule has 1 saturated heterocycles. The summed E-state index contributed by atoms with van der Waals surface area (Å²) in [6.45, 7) is 0.545. The first kappa shape index (κ1) is 9.90. The van der Waals surface area contributed by atoms with Gasteiger partial charge in [0.1, 0.15) is 6.29 Å². The first-order valence-electron chi connectivity index (χ1n) is 5.10. The van der Waals surface area contributed by atoms with E-state index in [0.717, 1.165) is 11.8 Å². The lowest BCUT2D eigenvalue weighted by molar-refractivity contribution is -0.131. The third-order valence-electron chi connectivity index (χ3n) is 2.73. The van der Waals surface area contributed by atoms with Crippen molar-refractivity contribution in [1.82, 2.24) is 4.90 Å².